The molecule has 0 atom stereocenters. The van der Waals surface area contributed by atoms with Crippen LogP contribution in [0.25, 0.3) is 77.2 Å². The zero-order valence-electron chi connectivity index (χ0n) is 36.7. The minimum atomic E-state index is -0.462. The van der Waals surface area contributed by atoms with Crippen LogP contribution in [0.4, 0.5) is 17.1 Å². The molecule has 0 fully saturated rings. The molecule has 1 heterocycles. The summed E-state index contributed by atoms with van der Waals surface area (Å²) in [6.07, 6.45) is 0. The Bertz CT molecular complexity index is 3760. The summed E-state index contributed by atoms with van der Waals surface area (Å²) in [7, 11) is 0. The Morgan fingerprint density at radius 2 is 0.836 bits per heavy atom. The molecule has 0 bridgehead atoms. The maximum Gasteiger partial charge on any atom is 0.137 e. The summed E-state index contributed by atoms with van der Waals surface area (Å²) in [6.45, 7) is 0. The molecule has 2 heteroatoms. The molecule has 11 aromatic carbocycles. The number of anilines is 3. The van der Waals surface area contributed by atoms with E-state index in [9.17, 15) is 0 Å². The van der Waals surface area contributed by atoms with E-state index in [-0.39, 0.29) is 0 Å². The minimum Gasteiger partial charge on any atom is -0.456 e. The lowest BCUT2D eigenvalue weighted by atomic mass is 9.67. The Hall–Kier alpha value is -8.72. The van der Waals surface area contributed by atoms with Gasteiger partial charge in [0.05, 0.1) is 5.41 Å². The van der Waals surface area contributed by atoms with E-state index in [0.717, 1.165) is 55.7 Å². The molecule has 0 radical (unpaired) electrons. The van der Waals surface area contributed by atoms with Crippen LogP contribution in [0.1, 0.15) is 22.3 Å². The van der Waals surface area contributed by atoms with Crippen molar-refractivity contribution in [2.24, 2.45) is 0 Å². The van der Waals surface area contributed by atoms with Crippen LogP contribution in [0.15, 0.2) is 265 Å². The number of nitrogens with zero attached hydrogens (tertiary/aromatic N) is 1. The van der Waals surface area contributed by atoms with Crippen LogP contribution in [-0.4, -0.2) is 0 Å². The normalized spacial score (nSPS) is 12.6. The number of para-hydroxylation sites is 1. The summed E-state index contributed by atoms with van der Waals surface area (Å²) in [5.41, 5.74) is 19.2. The van der Waals surface area contributed by atoms with Crippen molar-refractivity contribution in [2.75, 3.05) is 4.90 Å². The molecule has 2 nitrogen and oxygen atoms in total. The highest BCUT2D eigenvalue weighted by atomic mass is 16.3. The quantitative estimate of drug-likeness (QED) is 0.151. The van der Waals surface area contributed by atoms with E-state index in [1.54, 1.807) is 0 Å². The van der Waals surface area contributed by atoms with Crippen LogP contribution >= 0.6 is 0 Å². The maximum atomic E-state index is 6.48. The van der Waals surface area contributed by atoms with Gasteiger partial charge in [0.25, 0.3) is 0 Å². The number of hydrogen-bond donors (Lipinski definition) is 0. The third-order valence-corrected chi connectivity index (χ3v) is 13.9. The lowest BCUT2D eigenvalue weighted by Gasteiger charge is -2.34. The van der Waals surface area contributed by atoms with Gasteiger partial charge in [0, 0.05) is 33.9 Å². The molecule has 12 aromatic rings. The SMILES string of the molecule is c1ccc(C2(c3ccccc3)c3ccccc3-c3ccc(-c4ccc(N(c5cccc(-c6cccc(-c7cccc8ccccc78)c6)c5)c5ccc6c(c5)oc5ccccc56)cc4)cc32)cc1. The Morgan fingerprint density at radius 1 is 0.284 bits per heavy atom. The van der Waals surface area contributed by atoms with Gasteiger partial charge in [-0.15, -0.1) is 0 Å². The number of rotatable bonds is 8. The summed E-state index contributed by atoms with van der Waals surface area (Å²) in [5, 5.41) is 4.72. The Balaban J connectivity index is 0.930. The summed E-state index contributed by atoms with van der Waals surface area (Å²) in [4.78, 5) is 2.35. The van der Waals surface area contributed by atoms with Crippen LogP contribution in [0, 0.1) is 0 Å². The molecule has 13 rings (SSSR count). The molecule has 314 valence electrons. The highest BCUT2D eigenvalue weighted by molar-refractivity contribution is 6.06. The highest BCUT2D eigenvalue weighted by Crippen LogP contribution is 2.57. The largest absolute Gasteiger partial charge is 0.456 e. The van der Waals surface area contributed by atoms with Gasteiger partial charge in [0.1, 0.15) is 11.2 Å². The van der Waals surface area contributed by atoms with Gasteiger partial charge in [0.15, 0.2) is 0 Å². The monoisotopic (exact) mass is 853 g/mol. The van der Waals surface area contributed by atoms with E-state index in [1.165, 1.54) is 60.8 Å². The van der Waals surface area contributed by atoms with Crippen LogP contribution in [-0.2, 0) is 5.41 Å². The molecule has 0 saturated heterocycles. The summed E-state index contributed by atoms with van der Waals surface area (Å²) in [6, 6.07) is 95.0. The number of hydrogen-bond acceptors (Lipinski definition) is 2. The fraction of sp³-hybridized carbons (Fsp3) is 0.0154. The van der Waals surface area contributed by atoms with Crippen molar-refractivity contribution in [1.29, 1.82) is 0 Å². The zero-order valence-corrected chi connectivity index (χ0v) is 36.7. The van der Waals surface area contributed by atoms with Gasteiger partial charge in [-0.05, 0) is 132 Å². The lowest BCUT2D eigenvalue weighted by Crippen LogP contribution is -2.28. The minimum absolute atomic E-state index is 0.462. The van der Waals surface area contributed by atoms with Gasteiger partial charge < -0.3 is 9.32 Å². The van der Waals surface area contributed by atoms with Crippen molar-refractivity contribution >= 4 is 49.8 Å². The summed E-state index contributed by atoms with van der Waals surface area (Å²) in [5.74, 6) is 0. The van der Waals surface area contributed by atoms with Crippen molar-refractivity contribution < 1.29 is 4.42 Å². The number of benzene rings is 11. The molecule has 0 saturated carbocycles. The Kier molecular flexibility index (Phi) is 9.11. The first-order valence-corrected chi connectivity index (χ1v) is 23.1. The van der Waals surface area contributed by atoms with Crippen molar-refractivity contribution in [1.82, 2.24) is 0 Å². The van der Waals surface area contributed by atoms with E-state index < -0.39 is 5.41 Å². The van der Waals surface area contributed by atoms with Gasteiger partial charge >= 0.3 is 0 Å². The second-order valence-electron chi connectivity index (χ2n) is 17.6. The molecule has 0 N–H and O–H groups in total. The van der Waals surface area contributed by atoms with Gasteiger partial charge in [-0.3, -0.25) is 0 Å². The van der Waals surface area contributed by atoms with Crippen molar-refractivity contribution in [3.05, 3.63) is 283 Å². The zero-order chi connectivity index (χ0) is 44.3. The van der Waals surface area contributed by atoms with E-state index in [0.29, 0.717) is 0 Å². The third-order valence-electron chi connectivity index (χ3n) is 13.9. The summed E-state index contributed by atoms with van der Waals surface area (Å²) >= 11 is 0. The van der Waals surface area contributed by atoms with E-state index in [2.05, 4.69) is 254 Å². The van der Waals surface area contributed by atoms with E-state index >= 15 is 0 Å². The van der Waals surface area contributed by atoms with Crippen LogP contribution in [0.3, 0.4) is 0 Å². The molecule has 0 spiro atoms. The van der Waals surface area contributed by atoms with Crippen LogP contribution < -0.4 is 4.90 Å². The molecular formula is C65H43NO. The molecule has 1 aliphatic carbocycles. The third kappa shape index (κ3) is 6.33. The van der Waals surface area contributed by atoms with Gasteiger partial charge in [0.2, 0.25) is 0 Å². The van der Waals surface area contributed by atoms with Gasteiger partial charge in [-0.2, -0.15) is 0 Å². The first kappa shape index (κ1) is 38.7. The Morgan fingerprint density at radius 3 is 1.66 bits per heavy atom. The first-order chi connectivity index (χ1) is 33.2. The fourth-order valence-electron chi connectivity index (χ4n) is 10.9. The van der Waals surface area contributed by atoms with Gasteiger partial charge in [-0.1, -0.05) is 200 Å². The molecule has 0 amide bonds. The van der Waals surface area contributed by atoms with Crippen molar-refractivity contribution in [3.63, 3.8) is 0 Å². The predicted molar refractivity (Wildman–Crippen MR) is 280 cm³/mol. The lowest BCUT2D eigenvalue weighted by molar-refractivity contribution is 0.669. The van der Waals surface area contributed by atoms with Crippen LogP contribution in [0.5, 0.6) is 0 Å². The van der Waals surface area contributed by atoms with Gasteiger partial charge in [-0.25, -0.2) is 0 Å². The average molecular weight is 854 g/mol. The molecule has 0 unspecified atom stereocenters. The molecule has 1 aromatic heterocycles. The van der Waals surface area contributed by atoms with E-state index in [4.69, 9.17) is 4.42 Å². The maximum absolute atomic E-state index is 6.48. The predicted octanol–water partition coefficient (Wildman–Crippen LogP) is 17.6. The number of fused-ring (bicyclic) bond motifs is 7. The Labute approximate surface area is 390 Å². The van der Waals surface area contributed by atoms with Crippen LogP contribution in [0.2, 0.25) is 0 Å². The smallest absolute Gasteiger partial charge is 0.137 e. The topological polar surface area (TPSA) is 16.4 Å². The fourth-order valence-corrected chi connectivity index (χ4v) is 10.9. The molecular weight excluding hydrogens is 811 g/mol. The molecule has 1 aliphatic rings. The second kappa shape index (κ2) is 15.8. The average Bonchev–Trinajstić information content (AvgIpc) is 3.92. The standard InChI is InChI=1S/C65H43NO/c1-3-21-50(22-4-1)65(51-23-5-2-6-24-51)61-30-11-9-27-57(61)58-38-34-48(42-62(58)65)44-32-35-52(36-33-44)66(54-37-39-60-59-28-10-12-31-63(59)67-64(60)43-54)53-25-14-19-47(41-53)46-18-13-20-49(40-46)56-29-15-17-45-16-7-8-26-55(45)56/h1-43H. The molecule has 0 aliphatic heterocycles. The molecule has 67 heavy (non-hydrogen) atoms. The first-order valence-electron chi connectivity index (χ1n) is 23.1. The second-order valence-corrected chi connectivity index (χ2v) is 17.6. The summed E-state index contributed by atoms with van der Waals surface area (Å²) < 4.78 is 6.48. The number of furan rings is 1. The van der Waals surface area contributed by atoms with E-state index in [1.807, 2.05) is 12.1 Å². The highest BCUT2D eigenvalue weighted by Gasteiger charge is 2.46. The van der Waals surface area contributed by atoms with Crippen molar-refractivity contribution in [3.8, 4) is 44.5 Å². The van der Waals surface area contributed by atoms with Crippen molar-refractivity contribution in [2.45, 2.75) is 5.41 Å².